The molecule has 1 unspecified atom stereocenters. The van der Waals surface area contributed by atoms with Gasteiger partial charge in [0.25, 0.3) is 0 Å². The number of carbonyl (C=O) groups excluding carboxylic acids is 1. The lowest BCUT2D eigenvalue weighted by atomic mass is 9.87. The Morgan fingerprint density at radius 1 is 1.62 bits per heavy atom. The molecule has 1 aromatic heterocycles. The SMILES string of the molecule is Cc1csc(CNC(=O)C(N)C(C)(C)C)n1. The second kappa shape index (κ2) is 4.93. The maximum Gasteiger partial charge on any atom is 0.237 e. The molecular formula is C11H19N3OS. The first-order valence-corrected chi connectivity index (χ1v) is 6.13. The largest absolute Gasteiger partial charge is 0.348 e. The Kier molecular flexibility index (Phi) is 4.04. The molecule has 0 spiro atoms. The lowest BCUT2D eigenvalue weighted by Gasteiger charge is -2.25. The lowest BCUT2D eigenvalue weighted by Crippen LogP contribution is -2.48. The molecule has 0 radical (unpaired) electrons. The van der Waals surface area contributed by atoms with Crippen LogP contribution in [0.25, 0.3) is 0 Å². The summed E-state index contributed by atoms with van der Waals surface area (Å²) in [6, 6.07) is -0.492. The first-order valence-electron chi connectivity index (χ1n) is 5.25. The van der Waals surface area contributed by atoms with Gasteiger partial charge in [0.05, 0.1) is 12.6 Å². The number of hydrogen-bond acceptors (Lipinski definition) is 4. The molecule has 1 rings (SSSR count). The van der Waals surface area contributed by atoms with Gasteiger partial charge in [-0.05, 0) is 12.3 Å². The number of rotatable bonds is 3. The van der Waals surface area contributed by atoms with Crippen molar-refractivity contribution in [3.63, 3.8) is 0 Å². The number of nitrogens with two attached hydrogens (primary N) is 1. The Morgan fingerprint density at radius 3 is 2.69 bits per heavy atom. The van der Waals surface area contributed by atoms with E-state index >= 15 is 0 Å². The van der Waals surface area contributed by atoms with Gasteiger partial charge in [-0.3, -0.25) is 4.79 Å². The van der Waals surface area contributed by atoms with E-state index in [0.29, 0.717) is 6.54 Å². The Balaban J connectivity index is 2.47. The van der Waals surface area contributed by atoms with E-state index in [0.717, 1.165) is 10.7 Å². The minimum absolute atomic E-state index is 0.125. The monoisotopic (exact) mass is 241 g/mol. The molecule has 0 aliphatic heterocycles. The number of aromatic nitrogens is 1. The average Bonchev–Trinajstić information content (AvgIpc) is 2.58. The molecule has 16 heavy (non-hydrogen) atoms. The number of amides is 1. The number of nitrogens with zero attached hydrogens (tertiary/aromatic N) is 1. The van der Waals surface area contributed by atoms with Crippen molar-refractivity contribution in [1.29, 1.82) is 0 Å². The van der Waals surface area contributed by atoms with Gasteiger partial charge in [0, 0.05) is 11.1 Å². The fourth-order valence-electron chi connectivity index (χ4n) is 1.15. The van der Waals surface area contributed by atoms with Crippen molar-refractivity contribution in [2.45, 2.75) is 40.3 Å². The van der Waals surface area contributed by atoms with Crippen LogP contribution in [0.1, 0.15) is 31.5 Å². The van der Waals surface area contributed by atoms with Crippen molar-refractivity contribution < 1.29 is 4.79 Å². The summed E-state index contributed by atoms with van der Waals surface area (Å²) in [5.41, 5.74) is 6.60. The Bertz CT molecular complexity index is 368. The maximum atomic E-state index is 11.7. The Morgan fingerprint density at radius 2 is 2.25 bits per heavy atom. The molecule has 0 bridgehead atoms. The van der Waals surface area contributed by atoms with Crippen LogP contribution in [0.4, 0.5) is 0 Å². The lowest BCUT2D eigenvalue weighted by molar-refractivity contribution is -0.124. The van der Waals surface area contributed by atoms with E-state index < -0.39 is 6.04 Å². The number of hydrogen-bond donors (Lipinski definition) is 2. The molecule has 4 nitrogen and oxygen atoms in total. The van der Waals surface area contributed by atoms with Gasteiger partial charge in [0.2, 0.25) is 5.91 Å². The second-order valence-electron chi connectivity index (χ2n) is 4.94. The highest BCUT2D eigenvalue weighted by Gasteiger charge is 2.27. The molecule has 0 aliphatic rings. The van der Waals surface area contributed by atoms with Crippen LogP contribution in [0, 0.1) is 12.3 Å². The summed E-state index contributed by atoms with van der Waals surface area (Å²) in [5.74, 6) is -0.125. The van der Waals surface area contributed by atoms with Gasteiger partial charge in [-0.2, -0.15) is 0 Å². The van der Waals surface area contributed by atoms with Crippen LogP contribution in [-0.2, 0) is 11.3 Å². The number of carbonyl (C=O) groups is 1. The maximum absolute atomic E-state index is 11.7. The highest BCUT2D eigenvalue weighted by atomic mass is 32.1. The van der Waals surface area contributed by atoms with Gasteiger partial charge < -0.3 is 11.1 Å². The third-order valence-corrected chi connectivity index (χ3v) is 3.26. The molecule has 0 saturated heterocycles. The van der Waals surface area contributed by atoms with Crippen molar-refractivity contribution in [3.8, 4) is 0 Å². The summed E-state index contributed by atoms with van der Waals surface area (Å²) in [6.07, 6.45) is 0. The molecule has 0 aromatic carbocycles. The summed E-state index contributed by atoms with van der Waals surface area (Å²) < 4.78 is 0. The topological polar surface area (TPSA) is 68.0 Å². The fraction of sp³-hybridized carbons (Fsp3) is 0.636. The molecule has 1 atom stereocenters. The predicted octanol–water partition coefficient (Wildman–Crippen LogP) is 1.44. The van der Waals surface area contributed by atoms with E-state index in [1.54, 1.807) is 11.3 Å². The zero-order chi connectivity index (χ0) is 12.3. The molecule has 5 heteroatoms. The third kappa shape index (κ3) is 3.57. The van der Waals surface area contributed by atoms with Crippen LogP contribution in [0.2, 0.25) is 0 Å². The van der Waals surface area contributed by atoms with Crippen molar-refractivity contribution in [2.75, 3.05) is 0 Å². The number of thiazole rings is 1. The molecule has 90 valence electrons. The molecule has 0 aliphatic carbocycles. The normalized spacial score (nSPS) is 13.6. The summed E-state index contributed by atoms with van der Waals surface area (Å²) in [4.78, 5) is 16.0. The standard InChI is InChI=1S/C11H19N3OS/c1-7-6-16-8(14-7)5-13-10(15)9(12)11(2,3)4/h6,9H,5,12H2,1-4H3,(H,13,15). The molecule has 3 N–H and O–H groups in total. The Hall–Kier alpha value is -0.940. The zero-order valence-electron chi connectivity index (χ0n) is 10.2. The molecule has 1 amide bonds. The van der Waals surface area contributed by atoms with E-state index in [2.05, 4.69) is 10.3 Å². The van der Waals surface area contributed by atoms with E-state index in [1.165, 1.54) is 0 Å². The molecular weight excluding hydrogens is 222 g/mol. The smallest absolute Gasteiger partial charge is 0.237 e. The van der Waals surface area contributed by atoms with Crippen LogP contribution in [0.5, 0.6) is 0 Å². The molecule has 1 heterocycles. The van der Waals surface area contributed by atoms with Crippen LogP contribution in [0.15, 0.2) is 5.38 Å². The second-order valence-corrected chi connectivity index (χ2v) is 5.89. The zero-order valence-corrected chi connectivity index (χ0v) is 11.0. The minimum atomic E-state index is -0.492. The van der Waals surface area contributed by atoms with E-state index in [4.69, 9.17) is 5.73 Å². The summed E-state index contributed by atoms with van der Waals surface area (Å²) >= 11 is 1.54. The average molecular weight is 241 g/mol. The van der Waals surface area contributed by atoms with E-state index in [1.807, 2.05) is 33.1 Å². The van der Waals surface area contributed by atoms with Gasteiger partial charge in [0.1, 0.15) is 5.01 Å². The highest BCUT2D eigenvalue weighted by molar-refractivity contribution is 7.09. The summed E-state index contributed by atoms with van der Waals surface area (Å²) in [6.45, 7) is 8.24. The first-order chi connectivity index (χ1) is 7.30. The van der Waals surface area contributed by atoms with Gasteiger partial charge in [-0.25, -0.2) is 4.98 Å². The molecule has 0 saturated carbocycles. The highest BCUT2D eigenvalue weighted by Crippen LogP contribution is 2.17. The number of nitrogens with one attached hydrogen (secondary N) is 1. The predicted molar refractivity (Wildman–Crippen MR) is 66.1 cm³/mol. The fourth-order valence-corrected chi connectivity index (χ4v) is 1.86. The van der Waals surface area contributed by atoms with E-state index in [-0.39, 0.29) is 11.3 Å². The van der Waals surface area contributed by atoms with Crippen molar-refractivity contribution in [2.24, 2.45) is 11.1 Å². The third-order valence-electron chi connectivity index (χ3n) is 2.30. The van der Waals surface area contributed by atoms with Crippen LogP contribution in [-0.4, -0.2) is 16.9 Å². The van der Waals surface area contributed by atoms with Crippen LogP contribution >= 0.6 is 11.3 Å². The van der Waals surface area contributed by atoms with Crippen LogP contribution < -0.4 is 11.1 Å². The minimum Gasteiger partial charge on any atom is -0.348 e. The summed E-state index contributed by atoms with van der Waals surface area (Å²) in [5, 5.41) is 5.68. The van der Waals surface area contributed by atoms with Crippen LogP contribution in [0.3, 0.4) is 0 Å². The molecule has 0 fully saturated rings. The van der Waals surface area contributed by atoms with Crippen molar-refractivity contribution >= 4 is 17.2 Å². The van der Waals surface area contributed by atoms with Gasteiger partial charge in [-0.1, -0.05) is 20.8 Å². The van der Waals surface area contributed by atoms with E-state index in [9.17, 15) is 4.79 Å². The van der Waals surface area contributed by atoms with Gasteiger partial charge in [-0.15, -0.1) is 11.3 Å². The van der Waals surface area contributed by atoms with Crippen molar-refractivity contribution in [1.82, 2.24) is 10.3 Å². The summed E-state index contributed by atoms with van der Waals surface area (Å²) in [7, 11) is 0. The van der Waals surface area contributed by atoms with Crippen molar-refractivity contribution in [3.05, 3.63) is 16.1 Å². The quantitative estimate of drug-likeness (QED) is 0.841. The number of aryl methyl sites for hydroxylation is 1. The van der Waals surface area contributed by atoms with Gasteiger partial charge in [0.15, 0.2) is 0 Å². The Labute approximate surface area is 100 Å². The molecule has 1 aromatic rings. The van der Waals surface area contributed by atoms with Gasteiger partial charge >= 0.3 is 0 Å². The first kappa shape index (κ1) is 13.1.